The molecule has 0 amide bonds. The first-order valence-corrected chi connectivity index (χ1v) is 9.27. The maximum atomic E-state index is 9.54. The Kier molecular flexibility index (Phi) is 5.78. The fraction of sp³-hybridized carbons (Fsp3) is 0.444. The van der Waals surface area contributed by atoms with Gasteiger partial charge in [0.05, 0.1) is 32.6 Å². The second kappa shape index (κ2) is 8.81. The average Bonchev–Trinajstić information content (AvgIpc) is 2.75. The number of nitrogens with one attached hydrogen (secondary N) is 1. The van der Waals surface area contributed by atoms with Gasteiger partial charge in [0.2, 0.25) is 17.8 Å². The summed E-state index contributed by atoms with van der Waals surface area (Å²) in [6.45, 7) is 5.54. The third-order valence-corrected chi connectivity index (χ3v) is 4.45. The Labute approximate surface area is 162 Å². The quantitative estimate of drug-likeness (QED) is 0.568. The van der Waals surface area contributed by atoms with Crippen LogP contribution in [0.25, 0.3) is 0 Å². The molecule has 1 aromatic carbocycles. The summed E-state index contributed by atoms with van der Waals surface area (Å²) >= 11 is 0. The highest BCUT2D eigenvalue weighted by molar-refractivity contribution is 5.80. The topological polar surface area (TPSA) is 108 Å². The van der Waals surface area contributed by atoms with E-state index in [1.54, 1.807) is 24.4 Å². The molecule has 28 heavy (non-hydrogen) atoms. The monoisotopic (exact) mass is 385 g/mol. The Hall–Kier alpha value is -2.98. The molecule has 0 spiro atoms. The molecule has 1 aromatic heterocycles. The van der Waals surface area contributed by atoms with Crippen molar-refractivity contribution >= 4 is 24.1 Å². The molecule has 2 aliphatic heterocycles. The van der Waals surface area contributed by atoms with Crippen LogP contribution in [0.15, 0.2) is 29.4 Å². The molecule has 0 aliphatic carbocycles. The molecule has 2 fully saturated rings. The Balaban J connectivity index is 1.55. The minimum Gasteiger partial charge on any atom is -0.508 e. The fourth-order valence-corrected chi connectivity index (χ4v) is 2.98. The largest absolute Gasteiger partial charge is 0.508 e. The summed E-state index contributed by atoms with van der Waals surface area (Å²) in [4.78, 5) is 17.9. The molecule has 10 nitrogen and oxygen atoms in total. The van der Waals surface area contributed by atoms with Gasteiger partial charge in [-0.05, 0) is 17.7 Å². The summed E-state index contributed by atoms with van der Waals surface area (Å²) in [7, 11) is 0. The standard InChI is InChI=1S/C18H23N7O3/c26-15-3-1-2-14(12-15)13-19-23-16-20-17(24-4-8-27-9-5-24)22-18(21-16)25-6-10-28-11-7-25/h1-3,12-13,26H,4-11H2,(H,20,21,22,23). The number of aromatic nitrogens is 3. The summed E-state index contributed by atoms with van der Waals surface area (Å²) in [5.74, 6) is 1.77. The molecule has 10 heteroatoms. The van der Waals surface area contributed by atoms with Crippen LogP contribution in [0.4, 0.5) is 17.8 Å². The third kappa shape index (κ3) is 4.65. The molecule has 2 N–H and O–H groups in total. The average molecular weight is 385 g/mol. The molecule has 2 aliphatic rings. The number of hydrazone groups is 1. The predicted octanol–water partition coefficient (Wildman–Crippen LogP) is 0.696. The molecule has 2 aromatic rings. The number of phenolic OH excluding ortho intramolecular Hbond substituents is 1. The van der Waals surface area contributed by atoms with Crippen molar-refractivity contribution in [3.05, 3.63) is 29.8 Å². The van der Waals surface area contributed by atoms with E-state index in [4.69, 9.17) is 9.47 Å². The third-order valence-electron chi connectivity index (χ3n) is 4.45. The van der Waals surface area contributed by atoms with E-state index in [1.807, 2.05) is 6.07 Å². The van der Waals surface area contributed by atoms with Crippen LogP contribution in [0.1, 0.15) is 5.56 Å². The zero-order chi connectivity index (χ0) is 19.2. The summed E-state index contributed by atoms with van der Waals surface area (Å²) in [6, 6.07) is 6.83. The molecular formula is C18H23N7O3. The van der Waals surface area contributed by atoms with Gasteiger partial charge in [0.25, 0.3) is 0 Å². The first kappa shape index (κ1) is 18.4. The minimum absolute atomic E-state index is 0.188. The molecule has 3 heterocycles. The van der Waals surface area contributed by atoms with Gasteiger partial charge in [-0.2, -0.15) is 20.1 Å². The van der Waals surface area contributed by atoms with Crippen molar-refractivity contribution in [1.82, 2.24) is 15.0 Å². The summed E-state index contributed by atoms with van der Waals surface area (Å²) in [5, 5.41) is 13.7. The smallest absolute Gasteiger partial charge is 0.250 e. The summed E-state index contributed by atoms with van der Waals surface area (Å²) in [6.07, 6.45) is 1.60. The number of hydrogen-bond donors (Lipinski definition) is 2. The number of benzene rings is 1. The van der Waals surface area contributed by atoms with E-state index >= 15 is 0 Å². The SMILES string of the molecule is Oc1cccc(C=NNc2nc(N3CCOCC3)nc(N3CCOCC3)n2)c1. The van der Waals surface area contributed by atoms with Crippen molar-refractivity contribution in [2.45, 2.75) is 0 Å². The fourth-order valence-electron chi connectivity index (χ4n) is 2.98. The van der Waals surface area contributed by atoms with Gasteiger partial charge in [-0.3, -0.25) is 0 Å². The number of morpholine rings is 2. The van der Waals surface area contributed by atoms with E-state index in [0.29, 0.717) is 44.3 Å². The Morgan fingerprint density at radius 3 is 2.11 bits per heavy atom. The first-order chi connectivity index (χ1) is 13.8. The highest BCUT2D eigenvalue weighted by Crippen LogP contribution is 2.18. The Morgan fingerprint density at radius 1 is 0.929 bits per heavy atom. The Bertz CT molecular complexity index is 784. The highest BCUT2D eigenvalue weighted by Gasteiger charge is 2.20. The van der Waals surface area contributed by atoms with E-state index in [1.165, 1.54) is 0 Å². The van der Waals surface area contributed by atoms with Crippen LogP contribution in [-0.2, 0) is 9.47 Å². The lowest BCUT2D eigenvalue weighted by Gasteiger charge is -2.30. The zero-order valence-electron chi connectivity index (χ0n) is 15.5. The van der Waals surface area contributed by atoms with Gasteiger partial charge in [-0.25, -0.2) is 5.43 Å². The molecule has 148 valence electrons. The van der Waals surface area contributed by atoms with Gasteiger partial charge in [-0.15, -0.1) is 0 Å². The van der Waals surface area contributed by atoms with Crippen LogP contribution in [0.3, 0.4) is 0 Å². The number of hydrogen-bond acceptors (Lipinski definition) is 10. The number of rotatable bonds is 5. The number of anilines is 3. The molecule has 0 radical (unpaired) electrons. The minimum atomic E-state index is 0.188. The maximum Gasteiger partial charge on any atom is 0.250 e. The van der Waals surface area contributed by atoms with Gasteiger partial charge < -0.3 is 24.4 Å². The first-order valence-electron chi connectivity index (χ1n) is 9.27. The van der Waals surface area contributed by atoms with Crippen LogP contribution < -0.4 is 15.2 Å². The maximum absolute atomic E-state index is 9.54. The summed E-state index contributed by atoms with van der Waals surface area (Å²) < 4.78 is 10.8. The van der Waals surface area contributed by atoms with Crippen LogP contribution in [0, 0.1) is 0 Å². The van der Waals surface area contributed by atoms with Crippen LogP contribution in [-0.4, -0.2) is 78.9 Å². The Morgan fingerprint density at radius 2 is 1.54 bits per heavy atom. The zero-order valence-corrected chi connectivity index (χ0v) is 15.5. The molecule has 0 atom stereocenters. The molecule has 0 bridgehead atoms. The molecular weight excluding hydrogens is 362 g/mol. The van der Waals surface area contributed by atoms with E-state index < -0.39 is 0 Å². The number of ether oxygens (including phenoxy) is 2. The van der Waals surface area contributed by atoms with Crippen molar-refractivity contribution in [2.24, 2.45) is 5.10 Å². The highest BCUT2D eigenvalue weighted by atomic mass is 16.5. The van der Waals surface area contributed by atoms with Gasteiger partial charge in [0, 0.05) is 26.2 Å². The van der Waals surface area contributed by atoms with Crippen LogP contribution >= 0.6 is 0 Å². The van der Waals surface area contributed by atoms with Crippen molar-refractivity contribution in [2.75, 3.05) is 67.8 Å². The lowest BCUT2D eigenvalue weighted by molar-refractivity contribution is 0.121. The van der Waals surface area contributed by atoms with Crippen LogP contribution in [0.5, 0.6) is 5.75 Å². The molecule has 2 saturated heterocycles. The second-order valence-electron chi connectivity index (χ2n) is 6.42. The van der Waals surface area contributed by atoms with Crippen molar-refractivity contribution in [1.29, 1.82) is 0 Å². The number of nitrogens with zero attached hydrogens (tertiary/aromatic N) is 6. The van der Waals surface area contributed by atoms with E-state index in [-0.39, 0.29) is 5.75 Å². The molecule has 4 rings (SSSR count). The van der Waals surface area contributed by atoms with Gasteiger partial charge in [0.1, 0.15) is 5.75 Å². The molecule has 0 saturated carbocycles. The predicted molar refractivity (Wildman–Crippen MR) is 105 cm³/mol. The van der Waals surface area contributed by atoms with E-state index in [9.17, 15) is 5.11 Å². The second-order valence-corrected chi connectivity index (χ2v) is 6.42. The number of aromatic hydroxyl groups is 1. The lowest BCUT2D eigenvalue weighted by atomic mass is 10.2. The van der Waals surface area contributed by atoms with E-state index in [2.05, 4.69) is 35.3 Å². The van der Waals surface area contributed by atoms with Gasteiger partial charge in [-0.1, -0.05) is 12.1 Å². The van der Waals surface area contributed by atoms with Crippen molar-refractivity contribution in [3.63, 3.8) is 0 Å². The van der Waals surface area contributed by atoms with Crippen molar-refractivity contribution in [3.8, 4) is 5.75 Å². The van der Waals surface area contributed by atoms with E-state index in [0.717, 1.165) is 31.7 Å². The number of phenols is 1. The summed E-state index contributed by atoms with van der Waals surface area (Å²) in [5.41, 5.74) is 3.65. The lowest BCUT2D eigenvalue weighted by Crippen LogP contribution is -2.40. The van der Waals surface area contributed by atoms with Gasteiger partial charge in [0.15, 0.2) is 0 Å². The van der Waals surface area contributed by atoms with Gasteiger partial charge >= 0.3 is 0 Å². The molecule has 0 unspecified atom stereocenters. The van der Waals surface area contributed by atoms with Crippen molar-refractivity contribution < 1.29 is 14.6 Å². The normalized spacial score (nSPS) is 17.9. The van der Waals surface area contributed by atoms with Crippen LogP contribution in [0.2, 0.25) is 0 Å².